The van der Waals surface area contributed by atoms with Gasteiger partial charge in [0.2, 0.25) is 0 Å². The average molecular weight is 262 g/mol. The van der Waals surface area contributed by atoms with Crippen LogP contribution in [0.15, 0.2) is 36.6 Å². The van der Waals surface area contributed by atoms with Crippen LogP contribution in [0, 0.1) is 0 Å². The summed E-state index contributed by atoms with van der Waals surface area (Å²) in [6, 6.07) is 10.0. The van der Waals surface area contributed by atoms with Crippen molar-refractivity contribution in [2.45, 2.75) is 24.9 Å². The molecule has 4 nitrogen and oxygen atoms in total. The Kier molecular flexibility index (Phi) is 3.82. The van der Waals surface area contributed by atoms with Crippen molar-refractivity contribution in [3.05, 3.63) is 42.2 Å². The van der Waals surface area contributed by atoms with Crippen LogP contribution >= 0.6 is 0 Å². The molecule has 0 bridgehead atoms. The van der Waals surface area contributed by atoms with E-state index in [4.69, 9.17) is 18.9 Å². The Morgan fingerprint density at radius 3 is 2.95 bits per heavy atom. The maximum absolute atomic E-state index is 5.76. The number of rotatable bonds is 4. The zero-order valence-corrected chi connectivity index (χ0v) is 10.8. The summed E-state index contributed by atoms with van der Waals surface area (Å²) in [4.78, 5) is 0. The van der Waals surface area contributed by atoms with E-state index >= 15 is 0 Å². The Balaban J connectivity index is 1.43. The molecule has 2 saturated heterocycles. The molecule has 3 rings (SSSR count). The minimum Gasteiger partial charge on any atom is -0.498 e. The topological polar surface area (TPSA) is 36.9 Å². The summed E-state index contributed by atoms with van der Waals surface area (Å²) in [5.41, 5.74) is 1.11. The van der Waals surface area contributed by atoms with Crippen molar-refractivity contribution in [2.24, 2.45) is 0 Å². The highest BCUT2D eigenvalue weighted by Gasteiger charge is 2.45. The van der Waals surface area contributed by atoms with Crippen LogP contribution in [0.1, 0.15) is 18.4 Å². The predicted molar refractivity (Wildman–Crippen MR) is 70.2 cm³/mol. The first-order valence-electron chi connectivity index (χ1n) is 6.65. The highest BCUT2D eigenvalue weighted by Crippen LogP contribution is 2.34. The molecule has 0 saturated carbocycles. The average Bonchev–Trinajstić information content (AvgIpc) is 3.07. The fraction of sp³-hybridized carbons (Fsp3) is 0.467. The van der Waals surface area contributed by atoms with Crippen molar-refractivity contribution in [1.82, 2.24) is 0 Å². The van der Waals surface area contributed by atoms with Crippen LogP contribution in [-0.2, 0) is 18.9 Å². The molecular formula is C15H18O4. The van der Waals surface area contributed by atoms with E-state index in [1.54, 1.807) is 6.26 Å². The van der Waals surface area contributed by atoms with Crippen molar-refractivity contribution in [1.29, 1.82) is 0 Å². The molecule has 0 aromatic heterocycles. The molecule has 2 atom stereocenters. The molecule has 102 valence electrons. The minimum absolute atomic E-state index is 0.0569. The second-order valence-electron chi connectivity index (χ2n) is 4.73. The summed E-state index contributed by atoms with van der Waals surface area (Å²) in [6.45, 7) is 1.72. The first-order chi connectivity index (χ1) is 9.36. The van der Waals surface area contributed by atoms with Gasteiger partial charge in [-0.3, -0.25) is 0 Å². The summed E-state index contributed by atoms with van der Waals surface area (Å²) >= 11 is 0. The maximum Gasteiger partial charge on any atom is 0.283 e. The smallest absolute Gasteiger partial charge is 0.283 e. The molecule has 1 aromatic rings. The van der Waals surface area contributed by atoms with E-state index < -0.39 is 5.97 Å². The molecule has 4 heteroatoms. The Morgan fingerprint density at radius 2 is 2.16 bits per heavy atom. The van der Waals surface area contributed by atoms with Crippen LogP contribution in [0.25, 0.3) is 6.08 Å². The maximum atomic E-state index is 5.76. The molecule has 2 aliphatic rings. The van der Waals surface area contributed by atoms with Crippen molar-refractivity contribution in [2.75, 3.05) is 19.8 Å². The molecule has 2 fully saturated rings. The normalized spacial score (nSPS) is 30.4. The lowest BCUT2D eigenvalue weighted by atomic mass is 10.2. The summed E-state index contributed by atoms with van der Waals surface area (Å²) in [6.07, 6.45) is 5.36. The van der Waals surface area contributed by atoms with Crippen LogP contribution < -0.4 is 0 Å². The van der Waals surface area contributed by atoms with E-state index in [9.17, 15) is 0 Å². The molecule has 2 unspecified atom stereocenters. The molecular weight excluding hydrogens is 244 g/mol. The van der Waals surface area contributed by atoms with Gasteiger partial charge in [-0.05, 0) is 18.1 Å². The number of benzene rings is 1. The summed E-state index contributed by atoms with van der Waals surface area (Å²) < 4.78 is 22.3. The third-order valence-corrected chi connectivity index (χ3v) is 3.22. The van der Waals surface area contributed by atoms with Crippen molar-refractivity contribution < 1.29 is 18.9 Å². The van der Waals surface area contributed by atoms with E-state index in [0.29, 0.717) is 19.8 Å². The third-order valence-electron chi connectivity index (χ3n) is 3.22. The van der Waals surface area contributed by atoms with Gasteiger partial charge in [-0.1, -0.05) is 30.3 Å². The van der Waals surface area contributed by atoms with E-state index in [2.05, 4.69) is 0 Å². The first kappa shape index (κ1) is 12.7. The Bertz CT molecular complexity index is 423. The van der Waals surface area contributed by atoms with E-state index in [1.807, 2.05) is 36.4 Å². The second kappa shape index (κ2) is 5.74. The zero-order valence-electron chi connectivity index (χ0n) is 10.8. The molecule has 1 spiro atoms. The number of hydrogen-bond donors (Lipinski definition) is 0. The molecule has 0 aliphatic carbocycles. The largest absolute Gasteiger partial charge is 0.498 e. The van der Waals surface area contributed by atoms with Gasteiger partial charge < -0.3 is 18.9 Å². The van der Waals surface area contributed by atoms with Gasteiger partial charge >= 0.3 is 0 Å². The molecule has 0 N–H and O–H groups in total. The minimum atomic E-state index is -0.781. The fourth-order valence-electron chi connectivity index (χ4n) is 2.27. The van der Waals surface area contributed by atoms with Gasteiger partial charge in [0.25, 0.3) is 5.97 Å². The fourth-order valence-corrected chi connectivity index (χ4v) is 2.27. The molecule has 1 aromatic carbocycles. The molecule has 2 heterocycles. The number of ether oxygens (including phenoxy) is 4. The summed E-state index contributed by atoms with van der Waals surface area (Å²) in [5.74, 6) is -0.781. The first-order valence-corrected chi connectivity index (χ1v) is 6.65. The lowest BCUT2D eigenvalue weighted by Crippen LogP contribution is -2.30. The highest BCUT2D eigenvalue weighted by molar-refractivity contribution is 5.47. The van der Waals surface area contributed by atoms with E-state index in [1.165, 1.54) is 0 Å². The second-order valence-corrected chi connectivity index (χ2v) is 4.73. The Hall–Kier alpha value is -1.36. The summed E-state index contributed by atoms with van der Waals surface area (Å²) in [5, 5.41) is 0. The van der Waals surface area contributed by atoms with Gasteiger partial charge in [-0.15, -0.1) is 0 Å². The summed E-state index contributed by atoms with van der Waals surface area (Å²) in [7, 11) is 0. The monoisotopic (exact) mass is 262 g/mol. The predicted octanol–water partition coefficient (Wildman–Crippen LogP) is 2.55. The van der Waals surface area contributed by atoms with Gasteiger partial charge in [0.05, 0.1) is 19.5 Å². The van der Waals surface area contributed by atoms with Crippen LogP contribution in [0.2, 0.25) is 0 Å². The number of hydrogen-bond acceptors (Lipinski definition) is 4. The van der Waals surface area contributed by atoms with Crippen LogP contribution in [0.4, 0.5) is 0 Å². The van der Waals surface area contributed by atoms with Gasteiger partial charge in [0, 0.05) is 6.42 Å². The van der Waals surface area contributed by atoms with Crippen molar-refractivity contribution in [3.63, 3.8) is 0 Å². The SMILES string of the molecule is C(=C\c1ccccc1)/OCC1COC2(CCCO2)O1. The van der Waals surface area contributed by atoms with Crippen molar-refractivity contribution in [3.8, 4) is 0 Å². The lowest BCUT2D eigenvalue weighted by molar-refractivity contribution is -0.314. The Labute approximate surface area is 112 Å². The van der Waals surface area contributed by atoms with Crippen LogP contribution in [-0.4, -0.2) is 31.9 Å². The van der Waals surface area contributed by atoms with Gasteiger partial charge in [-0.2, -0.15) is 0 Å². The van der Waals surface area contributed by atoms with Crippen LogP contribution in [0.3, 0.4) is 0 Å². The van der Waals surface area contributed by atoms with Gasteiger partial charge in [0.15, 0.2) is 0 Å². The molecule has 0 radical (unpaired) electrons. The lowest BCUT2D eigenvalue weighted by Gasteiger charge is -2.20. The zero-order chi connectivity index (χ0) is 13.0. The van der Waals surface area contributed by atoms with Gasteiger partial charge in [0.1, 0.15) is 12.7 Å². The van der Waals surface area contributed by atoms with Crippen molar-refractivity contribution >= 4 is 6.08 Å². The van der Waals surface area contributed by atoms with Gasteiger partial charge in [-0.25, -0.2) is 0 Å². The van der Waals surface area contributed by atoms with E-state index in [0.717, 1.165) is 18.4 Å². The van der Waals surface area contributed by atoms with Crippen LogP contribution in [0.5, 0.6) is 0 Å². The quantitative estimate of drug-likeness (QED) is 0.781. The standard InChI is InChI=1S/C15H18O4/c1-2-5-13(6-3-1)7-10-16-11-14-12-18-15(19-14)8-4-9-17-15/h1-3,5-7,10,14H,4,8-9,11-12H2/b10-7+. The Morgan fingerprint density at radius 1 is 1.26 bits per heavy atom. The molecule has 19 heavy (non-hydrogen) atoms. The third kappa shape index (κ3) is 3.15. The molecule has 2 aliphatic heterocycles. The highest BCUT2D eigenvalue weighted by atomic mass is 16.9. The molecule has 0 amide bonds. The van der Waals surface area contributed by atoms with E-state index in [-0.39, 0.29) is 6.10 Å².